The van der Waals surface area contributed by atoms with Crippen molar-refractivity contribution in [1.82, 2.24) is 9.97 Å². The SMILES string of the molecule is CCNc1nc(-c2cccc(F)c2C)cc(C(F)(F)F)n1. The zero-order valence-corrected chi connectivity index (χ0v) is 11.4. The van der Waals surface area contributed by atoms with Crippen molar-refractivity contribution in [2.24, 2.45) is 0 Å². The minimum atomic E-state index is -4.59. The van der Waals surface area contributed by atoms with E-state index in [2.05, 4.69) is 15.3 Å². The minimum Gasteiger partial charge on any atom is -0.354 e. The summed E-state index contributed by atoms with van der Waals surface area (Å²) in [6.45, 7) is 3.59. The number of anilines is 1. The Kier molecular flexibility index (Phi) is 4.11. The molecule has 0 saturated carbocycles. The predicted molar refractivity (Wildman–Crippen MR) is 71.3 cm³/mol. The molecule has 1 heterocycles. The molecule has 112 valence electrons. The molecule has 1 aromatic carbocycles. The standard InChI is InChI=1S/C14H13F4N3/c1-3-19-13-20-11(7-12(21-13)14(16,17)18)9-5-4-6-10(15)8(9)2/h4-7H,3H2,1-2H3,(H,19,20,21). The maximum atomic E-state index is 13.6. The molecule has 3 nitrogen and oxygen atoms in total. The number of nitrogens with zero attached hydrogens (tertiary/aromatic N) is 2. The number of halogens is 4. The van der Waals surface area contributed by atoms with Crippen molar-refractivity contribution in [3.63, 3.8) is 0 Å². The van der Waals surface area contributed by atoms with Gasteiger partial charge in [-0.2, -0.15) is 13.2 Å². The molecule has 0 bridgehead atoms. The van der Waals surface area contributed by atoms with E-state index < -0.39 is 17.7 Å². The summed E-state index contributed by atoms with van der Waals surface area (Å²) in [4.78, 5) is 7.45. The van der Waals surface area contributed by atoms with Crippen LogP contribution in [0.4, 0.5) is 23.5 Å². The third kappa shape index (κ3) is 3.29. The molecule has 7 heteroatoms. The van der Waals surface area contributed by atoms with Crippen LogP contribution in [0.3, 0.4) is 0 Å². The molecule has 0 aliphatic rings. The average molecular weight is 299 g/mol. The van der Waals surface area contributed by atoms with E-state index in [1.54, 1.807) is 6.92 Å². The molecule has 0 saturated heterocycles. The van der Waals surface area contributed by atoms with Crippen LogP contribution in [-0.4, -0.2) is 16.5 Å². The van der Waals surface area contributed by atoms with Crippen molar-refractivity contribution in [2.45, 2.75) is 20.0 Å². The van der Waals surface area contributed by atoms with Crippen LogP contribution in [0.15, 0.2) is 24.3 Å². The molecular weight excluding hydrogens is 286 g/mol. The number of benzene rings is 1. The summed E-state index contributed by atoms with van der Waals surface area (Å²) in [7, 11) is 0. The number of nitrogens with one attached hydrogen (secondary N) is 1. The Morgan fingerprint density at radius 3 is 2.52 bits per heavy atom. The van der Waals surface area contributed by atoms with Gasteiger partial charge in [-0.15, -0.1) is 0 Å². The summed E-state index contributed by atoms with van der Waals surface area (Å²) in [5.41, 5.74) is -0.480. The first-order valence-corrected chi connectivity index (χ1v) is 6.28. The van der Waals surface area contributed by atoms with Crippen molar-refractivity contribution < 1.29 is 17.6 Å². The topological polar surface area (TPSA) is 37.8 Å². The quantitative estimate of drug-likeness (QED) is 0.869. The summed E-state index contributed by atoms with van der Waals surface area (Å²) in [6.07, 6.45) is -4.59. The van der Waals surface area contributed by atoms with Gasteiger partial charge < -0.3 is 5.32 Å². The molecule has 0 aliphatic carbocycles. The highest BCUT2D eigenvalue weighted by molar-refractivity contribution is 5.65. The summed E-state index contributed by atoms with van der Waals surface area (Å²) in [5, 5.41) is 2.65. The Bertz CT molecular complexity index is 653. The molecular formula is C14H13F4N3. The van der Waals surface area contributed by atoms with Gasteiger partial charge in [0.25, 0.3) is 0 Å². The highest BCUT2D eigenvalue weighted by Crippen LogP contribution is 2.32. The van der Waals surface area contributed by atoms with E-state index in [0.29, 0.717) is 12.1 Å². The van der Waals surface area contributed by atoms with Crippen LogP contribution in [0.25, 0.3) is 11.3 Å². The van der Waals surface area contributed by atoms with Crippen molar-refractivity contribution in [3.8, 4) is 11.3 Å². The molecule has 0 radical (unpaired) electrons. The van der Waals surface area contributed by atoms with Crippen molar-refractivity contribution in [2.75, 3.05) is 11.9 Å². The van der Waals surface area contributed by atoms with Gasteiger partial charge in [0.15, 0.2) is 5.69 Å². The molecule has 2 aromatic rings. The largest absolute Gasteiger partial charge is 0.433 e. The second-order valence-corrected chi connectivity index (χ2v) is 4.40. The van der Waals surface area contributed by atoms with Gasteiger partial charge in [0.1, 0.15) is 5.82 Å². The van der Waals surface area contributed by atoms with Gasteiger partial charge in [-0.25, -0.2) is 14.4 Å². The van der Waals surface area contributed by atoms with Gasteiger partial charge in [-0.1, -0.05) is 12.1 Å². The fourth-order valence-electron chi connectivity index (χ4n) is 1.85. The summed E-state index contributed by atoms with van der Waals surface area (Å²) < 4.78 is 52.2. The highest BCUT2D eigenvalue weighted by Gasteiger charge is 2.34. The first kappa shape index (κ1) is 15.2. The van der Waals surface area contributed by atoms with Crippen LogP contribution >= 0.6 is 0 Å². The maximum absolute atomic E-state index is 13.6. The van der Waals surface area contributed by atoms with Gasteiger partial charge in [0.2, 0.25) is 5.95 Å². The maximum Gasteiger partial charge on any atom is 0.433 e. The molecule has 21 heavy (non-hydrogen) atoms. The highest BCUT2D eigenvalue weighted by atomic mass is 19.4. The number of rotatable bonds is 3. The Morgan fingerprint density at radius 2 is 1.90 bits per heavy atom. The van der Waals surface area contributed by atoms with Crippen LogP contribution in [0.1, 0.15) is 18.2 Å². The molecule has 0 spiro atoms. The van der Waals surface area contributed by atoms with Crippen molar-refractivity contribution in [1.29, 1.82) is 0 Å². The van der Waals surface area contributed by atoms with Gasteiger partial charge >= 0.3 is 6.18 Å². The van der Waals surface area contributed by atoms with Gasteiger partial charge in [0, 0.05) is 12.1 Å². The molecule has 0 unspecified atom stereocenters. The molecule has 0 fully saturated rings. The first-order valence-electron chi connectivity index (χ1n) is 6.28. The lowest BCUT2D eigenvalue weighted by molar-refractivity contribution is -0.141. The van der Waals surface area contributed by atoms with Gasteiger partial charge in [-0.05, 0) is 31.5 Å². The number of alkyl halides is 3. The summed E-state index contributed by atoms with van der Waals surface area (Å²) >= 11 is 0. The van der Waals surface area contributed by atoms with E-state index in [0.717, 1.165) is 6.07 Å². The second-order valence-electron chi connectivity index (χ2n) is 4.40. The number of hydrogen-bond acceptors (Lipinski definition) is 3. The Labute approximate surface area is 119 Å². The zero-order chi connectivity index (χ0) is 15.6. The normalized spacial score (nSPS) is 11.5. The van der Waals surface area contributed by atoms with E-state index >= 15 is 0 Å². The smallest absolute Gasteiger partial charge is 0.354 e. The monoisotopic (exact) mass is 299 g/mol. The minimum absolute atomic E-state index is 0.0327. The number of hydrogen-bond donors (Lipinski definition) is 1. The predicted octanol–water partition coefficient (Wildman–Crippen LogP) is 4.04. The fourth-order valence-corrected chi connectivity index (χ4v) is 1.85. The molecule has 1 N–H and O–H groups in total. The lowest BCUT2D eigenvalue weighted by Crippen LogP contribution is -2.12. The zero-order valence-electron chi connectivity index (χ0n) is 11.4. The molecule has 0 amide bonds. The Hall–Kier alpha value is -2.18. The lowest BCUT2D eigenvalue weighted by Gasteiger charge is -2.12. The summed E-state index contributed by atoms with van der Waals surface area (Å²) in [5.74, 6) is -0.629. The molecule has 0 aliphatic heterocycles. The van der Waals surface area contributed by atoms with Crippen molar-refractivity contribution >= 4 is 5.95 Å². The van der Waals surface area contributed by atoms with E-state index in [4.69, 9.17) is 0 Å². The van der Waals surface area contributed by atoms with E-state index in [9.17, 15) is 17.6 Å². The Morgan fingerprint density at radius 1 is 1.19 bits per heavy atom. The van der Waals surface area contributed by atoms with Crippen LogP contribution in [0.5, 0.6) is 0 Å². The Balaban J connectivity index is 2.62. The van der Waals surface area contributed by atoms with E-state index in [1.807, 2.05) is 0 Å². The van der Waals surface area contributed by atoms with E-state index in [1.165, 1.54) is 25.1 Å². The van der Waals surface area contributed by atoms with Crippen LogP contribution in [0, 0.1) is 12.7 Å². The van der Waals surface area contributed by atoms with Crippen molar-refractivity contribution in [3.05, 3.63) is 41.3 Å². The molecule has 1 aromatic heterocycles. The van der Waals surface area contributed by atoms with Gasteiger partial charge in [-0.3, -0.25) is 0 Å². The third-order valence-corrected chi connectivity index (χ3v) is 2.90. The number of aromatic nitrogens is 2. The fraction of sp³-hybridized carbons (Fsp3) is 0.286. The van der Waals surface area contributed by atoms with Crippen LogP contribution in [0.2, 0.25) is 0 Å². The molecule has 2 rings (SSSR count). The van der Waals surface area contributed by atoms with Crippen LogP contribution in [-0.2, 0) is 6.18 Å². The summed E-state index contributed by atoms with van der Waals surface area (Å²) in [6, 6.07) is 5.02. The third-order valence-electron chi connectivity index (χ3n) is 2.90. The average Bonchev–Trinajstić information content (AvgIpc) is 2.41. The van der Waals surface area contributed by atoms with Gasteiger partial charge in [0.05, 0.1) is 5.69 Å². The first-order chi connectivity index (χ1) is 9.82. The van der Waals surface area contributed by atoms with E-state index in [-0.39, 0.29) is 17.2 Å². The lowest BCUT2D eigenvalue weighted by atomic mass is 10.0. The molecule has 0 atom stereocenters. The second kappa shape index (κ2) is 5.67. The van der Waals surface area contributed by atoms with Crippen LogP contribution < -0.4 is 5.32 Å².